The highest BCUT2D eigenvalue weighted by Gasteiger charge is 2.25. The molecule has 4 nitrogen and oxygen atoms in total. The Morgan fingerprint density at radius 1 is 1.00 bits per heavy atom. The number of hydrogen-bond donors (Lipinski definition) is 1. The van der Waals surface area contributed by atoms with Crippen LogP contribution in [-0.4, -0.2) is 61.8 Å². The summed E-state index contributed by atoms with van der Waals surface area (Å²) < 4.78 is 5.56. The van der Waals surface area contributed by atoms with Crippen molar-refractivity contribution >= 4 is 11.3 Å². The Balaban J connectivity index is 1.26. The van der Waals surface area contributed by atoms with Gasteiger partial charge in [0, 0.05) is 37.1 Å². The largest absolute Gasteiger partial charge is 0.379 e. The Morgan fingerprint density at radius 2 is 1.78 bits per heavy atom. The van der Waals surface area contributed by atoms with E-state index in [1.165, 1.54) is 36.4 Å². The molecule has 0 saturated carbocycles. The molecule has 0 bridgehead atoms. The molecule has 2 aliphatic heterocycles. The number of morpholine rings is 1. The van der Waals surface area contributed by atoms with Crippen molar-refractivity contribution < 1.29 is 4.74 Å². The standard InChI is InChI=1S/C22H31N3OS/c1-2-5-19(6-3-1)18-24-10-8-20(9-11-24)23-17-21(22-7-4-16-27-22)25-12-14-26-15-13-25/h1-7,16,20-21,23H,8-15,17-18H2. The van der Waals surface area contributed by atoms with Crippen LogP contribution < -0.4 is 5.32 Å². The topological polar surface area (TPSA) is 27.7 Å². The monoisotopic (exact) mass is 385 g/mol. The van der Waals surface area contributed by atoms with Gasteiger partial charge in [-0.15, -0.1) is 11.3 Å². The van der Waals surface area contributed by atoms with E-state index in [1.807, 2.05) is 11.3 Å². The van der Waals surface area contributed by atoms with E-state index in [1.54, 1.807) is 0 Å². The van der Waals surface area contributed by atoms with Gasteiger partial charge in [-0.3, -0.25) is 9.80 Å². The summed E-state index contributed by atoms with van der Waals surface area (Å²) in [5, 5.41) is 6.09. The van der Waals surface area contributed by atoms with E-state index < -0.39 is 0 Å². The molecule has 2 aliphatic rings. The minimum Gasteiger partial charge on any atom is -0.379 e. The van der Waals surface area contributed by atoms with Crippen molar-refractivity contribution in [3.05, 3.63) is 58.3 Å². The van der Waals surface area contributed by atoms with Crippen molar-refractivity contribution in [1.82, 2.24) is 15.1 Å². The molecular formula is C22H31N3OS. The van der Waals surface area contributed by atoms with E-state index >= 15 is 0 Å². The maximum absolute atomic E-state index is 5.56. The molecule has 1 N–H and O–H groups in total. The summed E-state index contributed by atoms with van der Waals surface area (Å²) in [6, 6.07) is 16.4. The molecule has 4 rings (SSSR count). The van der Waals surface area contributed by atoms with Crippen LogP contribution in [0.3, 0.4) is 0 Å². The van der Waals surface area contributed by atoms with Crippen LogP contribution in [0.15, 0.2) is 47.8 Å². The molecule has 2 aromatic rings. The van der Waals surface area contributed by atoms with Gasteiger partial charge in [-0.05, 0) is 42.9 Å². The third-order valence-corrected chi connectivity index (χ3v) is 6.77. The van der Waals surface area contributed by atoms with Crippen LogP contribution in [0.1, 0.15) is 29.3 Å². The van der Waals surface area contributed by atoms with Crippen LogP contribution in [-0.2, 0) is 11.3 Å². The highest BCUT2D eigenvalue weighted by atomic mass is 32.1. The Morgan fingerprint density at radius 3 is 2.48 bits per heavy atom. The van der Waals surface area contributed by atoms with Crippen LogP contribution >= 0.6 is 11.3 Å². The second-order valence-corrected chi connectivity index (χ2v) is 8.60. The number of ether oxygens (including phenoxy) is 1. The fourth-order valence-corrected chi connectivity index (χ4v) is 5.06. The van der Waals surface area contributed by atoms with E-state index in [0.29, 0.717) is 12.1 Å². The number of benzene rings is 1. The van der Waals surface area contributed by atoms with E-state index in [-0.39, 0.29) is 0 Å². The van der Waals surface area contributed by atoms with E-state index in [9.17, 15) is 0 Å². The van der Waals surface area contributed by atoms with Crippen LogP contribution in [0.2, 0.25) is 0 Å². The minimum absolute atomic E-state index is 0.483. The Hall–Kier alpha value is -1.24. The Kier molecular flexibility index (Phi) is 6.93. The minimum atomic E-state index is 0.483. The second-order valence-electron chi connectivity index (χ2n) is 7.62. The van der Waals surface area contributed by atoms with Gasteiger partial charge in [-0.1, -0.05) is 36.4 Å². The number of piperidine rings is 1. The second kappa shape index (κ2) is 9.80. The smallest absolute Gasteiger partial charge is 0.0594 e. The molecule has 146 valence electrons. The van der Waals surface area contributed by atoms with Crippen molar-refractivity contribution in [2.75, 3.05) is 45.9 Å². The lowest BCUT2D eigenvalue weighted by atomic mass is 10.0. The number of hydrogen-bond acceptors (Lipinski definition) is 5. The van der Waals surface area contributed by atoms with Gasteiger partial charge in [0.05, 0.1) is 19.3 Å². The first kappa shape index (κ1) is 19.1. The van der Waals surface area contributed by atoms with E-state index in [0.717, 1.165) is 39.4 Å². The number of rotatable bonds is 7. The maximum atomic E-state index is 5.56. The highest BCUT2D eigenvalue weighted by Crippen LogP contribution is 2.26. The van der Waals surface area contributed by atoms with Crippen LogP contribution in [0.4, 0.5) is 0 Å². The molecule has 1 atom stereocenters. The van der Waals surface area contributed by atoms with Crippen molar-refractivity contribution in [3.63, 3.8) is 0 Å². The molecule has 1 unspecified atom stereocenters. The number of nitrogens with zero attached hydrogens (tertiary/aromatic N) is 2. The molecular weight excluding hydrogens is 354 g/mol. The van der Waals surface area contributed by atoms with Gasteiger partial charge < -0.3 is 10.1 Å². The van der Waals surface area contributed by atoms with Crippen LogP contribution in [0, 0.1) is 0 Å². The molecule has 2 fully saturated rings. The predicted molar refractivity (Wildman–Crippen MR) is 112 cm³/mol. The average Bonchev–Trinajstić information content (AvgIpc) is 3.26. The van der Waals surface area contributed by atoms with Gasteiger partial charge >= 0.3 is 0 Å². The zero-order chi connectivity index (χ0) is 18.3. The zero-order valence-corrected chi connectivity index (χ0v) is 16.9. The third-order valence-electron chi connectivity index (χ3n) is 5.79. The summed E-state index contributed by atoms with van der Waals surface area (Å²) in [6.45, 7) is 8.31. The molecule has 1 aromatic carbocycles. The van der Waals surface area contributed by atoms with Crippen molar-refractivity contribution in [1.29, 1.82) is 0 Å². The van der Waals surface area contributed by atoms with Crippen molar-refractivity contribution in [2.24, 2.45) is 0 Å². The maximum Gasteiger partial charge on any atom is 0.0594 e. The quantitative estimate of drug-likeness (QED) is 0.791. The molecule has 2 saturated heterocycles. The van der Waals surface area contributed by atoms with Crippen LogP contribution in [0.25, 0.3) is 0 Å². The normalized spacial score (nSPS) is 21.3. The lowest BCUT2D eigenvalue weighted by Crippen LogP contribution is -2.47. The molecule has 0 spiro atoms. The third kappa shape index (κ3) is 5.39. The first-order valence-corrected chi connectivity index (χ1v) is 11.1. The van der Waals surface area contributed by atoms with Gasteiger partial charge in [0.1, 0.15) is 0 Å². The SMILES string of the molecule is c1ccc(CN2CCC(NCC(c3cccs3)N3CCOCC3)CC2)cc1. The van der Waals surface area contributed by atoms with E-state index in [2.05, 4.69) is 63.0 Å². The summed E-state index contributed by atoms with van der Waals surface area (Å²) in [6.07, 6.45) is 2.49. The fraction of sp³-hybridized carbons (Fsp3) is 0.545. The Bertz CT molecular complexity index is 649. The number of likely N-dealkylation sites (tertiary alicyclic amines) is 1. The summed E-state index contributed by atoms with van der Waals surface area (Å²) in [4.78, 5) is 6.66. The number of thiophene rings is 1. The average molecular weight is 386 g/mol. The van der Waals surface area contributed by atoms with Gasteiger partial charge in [0.15, 0.2) is 0 Å². The number of nitrogens with one attached hydrogen (secondary N) is 1. The summed E-state index contributed by atoms with van der Waals surface area (Å²) in [5.41, 5.74) is 1.42. The molecule has 0 aliphatic carbocycles. The van der Waals surface area contributed by atoms with E-state index in [4.69, 9.17) is 4.74 Å². The predicted octanol–water partition coefficient (Wildman–Crippen LogP) is 3.38. The lowest BCUT2D eigenvalue weighted by Gasteiger charge is -2.37. The summed E-state index contributed by atoms with van der Waals surface area (Å²) >= 11 is 1.88. The van der Waals surface area contributed by atoms with Crippen LogP contribution in [0.5, 0.6) is 0 Å². The molecule has 3 heterocycles. The first-order chi connectivity index (χ1) is 13.4. The van der Waals surface area contributed by atoms with Gasteiger partial charge in [0.2, 0.25) is 0 Å². The Labute approximate surface area is 167 Å². The molecule has 1 aromatic heterocycles. The molecule has 0 radical (unpaired) electrons. The summed E-state index contributed by atoms with van der Waals surface area (Å²) in [7, 11) is 0. The first-order valence-electron chi connectivity index (χ1n) is 10.2. The zero-order valence-electron chi connectivity index (χ0n) is 16.1. The molecule has 5 heteroatoms. The molecule has 0 amide bonds. The van der Waals surface area contributed by atoms with Crippen molar-refractivity contribution in [3.8, 4) is 0 Å². The van der Waals surface area contributed by atoms with Gasteiger partial charge in [-0.2, -0.15) is 0 Å². The van der Waals surface area contributed by atoms with Crippen molar-refractivity contribution in [2.45, 2.75) is 31.5 Å². The van der Waals surface area contributed by atoms with Gasteiger partial charge in [-0.25, -0.2) is 0 Å². The molecule has 27 heavy (non-hydrogen) atoms. The summed E-state index contributed by atoms with van der Waals surface area (Å²) in [5.74, 6) is 0. The lowest BCUT2D eigenvalue weighted by molar-refractivity contribution is 0.0158. The fourth-order valence-electron chi connectivity index (χ4n) is 4.19. The highest BCUT2D eigenvalue weighted by molar-refractivity contribution is 7.10. The van der Waals surface area contributed by atoms with Gasteiger partial charge in [0.25, 0.3) is 0 Å².